The molecule has 2 aromatic carbocycles. The molecule has 3 rings (SSSR count). The fourth-order valence-corrected chi connectivity index (χ4v) is 3.32. The zero-order valence-electron chi connectivity index (χ0n) is 14.7. The molecule has 1 heterocycles. The summed E-state index contributed by atoms with van der Waals surface area (Å²) in [6.07, 6.45) is 0. The van der Waals surface area contributed by atoms with Crippen LogP contribution in [0.15, 0.2) is 48.5 Å². The third kappa shape index (κ3) is 3.28. The van der Waals surface area contributed by atoms with Crippen LogP contribution in [-0.4, -0.2) is 42.5 Å². The van der Waals surface area contributed by atoms with E-state index in [1.165, 1.54) is 11.1 Å². The summed E-state index contributed by atoms with van der Waals surface area (Å²) in [6, 6.07) is 16.3. The number of benzene rings is 2. The predicted octanol–water partition coefficient (Wildman–Crippen LogP) is 3.96. The minimum atomic E-state index is -0.506. The van der Waals surface area contributed by atoms with Gasteiger partial charge in [0.15, 0.2) is 5.78 Å². The van der Waals surface area contributed by atoms with E-state index in [9.17, 15) is 4.79 Å². The first kappa shape index (κ1) is 16.9. The van der Waals surface area contributed by atoms with Crippen LogP contribution < -0.4 is 0 Å². The third-order valence-electron chi connectivity index (χ3n) is 4.96. The molecule has 0 bridgehead atoms. The number of ketones is 1. The van der Waals surface area contributed by atoms with E-state index in [2.05, 4.69) is 24.0 Å². The Bertz CT molecular complexity index is 713. The SMILES string of the molecule is Cc1ccccc1-c1ccc(C(=O)C(C)(C)N2CCOCC2)cc1. The number of hydrogen-bond acceptors (Lipinski definition) is 3. The summed E-state index contributed by atoms with van der Waals surface area (Å²) < 4.78 is 5.40. The molecule has 0 amide bonds. The van der Waals surface area contributed by atoms with Crippen molar-refractivity contribution in [2.75, 3.05) is 26.3 Å². The first-order chi connectivity index (χ1) is 11.5. The van der Waals surface area contributed by atoms with Gasteiger partial charge in [0.1, 0.15) is 0 Å². The lowest BCUT2D eigenvalue weighted by Crippen LogP contribution is -2.54. The predicted molar refractivity (Wildman–Crippen MR) is 97.4 cm³/mol. The van der Waals surface area contributed by atoms with E-state index in [0.717, 1.165) is 24.2 Å². The highest BCUT2D eigenvalue weighted by Gasteiger charge is 2.35. The minimum absolute atomic E-state index is 0.167. The highest BCUT2D eigenvalue weighted by molar-refractivity contribution is 6.03. The van der Waals surface area contributed by atoms with Crippen LogP contribution in [-0.2, 0) is 4.74 Å². The molecule has 0 unspecified atom stereocenters. The minimum Gasteiger partial charge on any atom is -0.379 e. The van der Waals surface area contributed by atoms with Gasteiger partial charge in [-0.25, -0.2) is 0 Å². The number of carbonyl (C=O) groups excluding carboxylic acids is 1. The number of hydrogen-bond donors (Lipinski definition) is 0. The van der Waals surface area contributed by atoms with Crippen LogP contribution in [0.5, 0.6) is 0 Å². The Morgan fingerprint density at radius 3 is 2.25 bits per heavy atom. The highest BCUT2D eigenvalue weighted by Crippen LogP contribution is 2.26. The first-order valence-electron chi connectivity index (χ1n) is 8.54. The van der Waals surface area contributed by atoms with Crippen LogP contribution in [0.25, 0.3) is 11.1 Å². The van der Waals surface area contributed by atoms with Crippen molar-refractivity contribution in [2.24, 2.45) is 0 Å². The standard InChI is InChI=1S/C21H25NO2/c1-16-6-4-5-7-19(16)17-8-10-18(11-9-17)20(23)21(2,3)22-12-14-24-15-13-22/h4-11H,12-15H2,1-3H3. The summed E-state index contributed by atoms with van der Waals surface area (Å²) in [6.45, 7) is 9.13. The van der Waals surface area contributed by atoms with Gasteiger partial charge in [0, 0.05) is 18.7 Å². The van der Waals surface area contributed by atoms with Gasteiger partial charge in [-0.05, 0) is 37.5 Å². The van der Waals surface area contributed by atoms with Crippen molar-refractivity contribution in [1.29, 1.82) is 0 Å². The number of nitrogens with zero attached hydrogens (tertiary/aromatic N) is 1. The number of aryl methyl sites for hydroxylation is 1. The van der Waals surface area contributed by atoms with Crippen LogP contribution in [0.2, 0.25) is 0 Å². The summed E-state index contributed by atoms with van der Waals surface area (Å²) in [4.78, 5) is 15.2. The summed E-state index contributed by atoms with van der Waals surface area (Å²) in [5, 5.41) is 0. The smallest absolute Gasteiger partial charge is 0.182 e. The lowest BCUT2D eigenvalue weighted by molar-refractivity contribution is -0.00429. The molecular weight excluding hydrogens is 298 g/mol. The molecular formula is C21H25NO2. The quantitative estimate of drug-likeness (QED) is 0.798. The molecule has 1 aliphatic rings. The van der Waals surface area contributed by atoms with Crippen molar-refractivity contribution < 1.29 is 9.53 Å². The lowest BCUT2D eigenvalue weighted by Gasteiger charge is -2.39. The maximum atomic E-state index is 13.0. The van der Waals surface area contributed by atoms with Gasteiger partial charge in [-0.1, -0.05) is 48.5 Å². The van der Waals surface area contributed by atoms with Gasteiger partial charge in [-0.2, -0.15) is 0 Å². The van der Waals surface area contributed by atoms with Crippen LogP contribution >= 0.6 is 0 Å². The van der Waals surface area contributed by atoms with Gasteiger partial charge < -0.3 is 4.74 Å². The molecule has 0 N–H and O–H groups in total. The number of carbonyl (C=O) groups is 1. The second kappa shape index (κ2) is 6.88. The lowest BCUT2D eigenvalue weighted by atomic mass is 9.89. The van der Waals surface area contributed by atoms with Crippen molar-refractivity contribution in [3.05, 3.63) is 59.7 Å². The first-order valence-corrected chi connectivity index (χ1v) is 8.54. The topological polar surface area (TPSA) is 29.5 Å². The van der Waals surface area contributed by atoms with E-state index in [-0.39, 0.29) is 5.78 Å². The molecule has 1 fully saturated rings. The molecule has 126 valence electrons. The largest absolute Gasteiger partial charge is 0.379 e. The van der Waals surface area contributed by atoms with Crippen molar-refractivity contribution in [1.82, 2.24) is 4.90 Å². The van der Waals surface area contributed by atoms with Crippen LogP contribution in [0.1, 0.15) is 29.8 Å². The number of Topliss-reactive ketones (excluding diaryl/α,β-unsaturated/α-hetero) is 1. The summed E-state index contributed by atoms with van der Waals surface area (Å²) in [7, 11) is 0. The molecule has 3 nitrogen and oxygen atoms in total. The van der Waals surface area contributed by atoms with E-state index in [4.69, 9.17) is 4.74 Å². The van der Waals surface area contributed by atoms with Gasteiger partial charge >= 0.3 is 0 Å². The number of morpholine rings is 1. The second-order valence-electron chi connectivity index (χ2n) is 6.88. The van der Waals surface area contributed by atoms with E-state index >= 15 is 0 Å². The Morgan fingerprint density at radius 2 is 1.62 bits per heavy atom. The molecule has 1 saturated heterocycles. The summed E-state index contributed by atoms with van der Waals surface area (Å²) >= 11 is 0. The summed E-state index contributed by atoms with van der Waals surface area (Å²) in [5.74, 6) is 0.167. The Morgan fingerprint density at radius 1 is 1.00 bits per heavy atom. The Balaban J connectivity index is 1.82. The Hall–Kier alpha value is -1.97. The molecule has 0 saturated carbocycles. The van der Waals surface area contributed by atoms with Crippen LogP contribution in [0.3, 0.4) is 0 Å². The van der Waals surface area contributed by atoms with E-state index in [0.29, 0.717) is 13.2 Å². The number of ether oxygens (including phenoxy) is 1. The average Bonchev–Trinajstić information content (AvgIpc) is 2.62. The molecule has 2 aromatic rings. The van der Waals surface area contributed by atoms with Crippen LogP contribution in [0, 0.1) is 6.92 Å². The van der Waals surface area contributed by atoms with E-state index in [1.54, 1.807) is 0 Å². The van der Waals surface area contributed by atoms with Crippen molar-refractivity contribution in [3.63, 3.8) is 0 Å². The zero-order chi connectivity index (χ0) is 17.2. The van der Waals surface area contributed by atoms with Gasteiger partial charge in [-0.3, -0.25) is 9.69 Å². The molecule has 0 aromatic heterocycles. The maximum absolute atomic E-state index is 13.0. The van der Waals surface area contributed by atoms with Crippen LogP contribution in [0.4, 0.5) is 0 Å². The van der Waals surface area contributed by atoms with Gasteiger partial charge in [0.2, 0.25) is 0 Å². The second-order valence-corrected chi connectivity index (χ2v) is 6.88. The fourth-order valence-electron chi connectivity index (χ4n) is 3.32. The maximum Gasteiger partial charge on any atom is 0.182 e. The van der Waals surface area contributed by atoms with E-state index < -0.39 is 5.54 Å². The van der Waals surface area contributed by atoms with Gasteiger partial charge in [0.25, 0.3) is 0 Å². The molecule has 24 heavy (non-hydrogen) atoms. The molecule has 1 aliphatic heterocycles. The van der Waals surface area contributed by atoms with Gasteiger partial charge in [0.05, 0.1) is 18.8 Å². The molecule has 0 radical (unpaired) electrons. The summed E-state index contributed by atoms with van der Waals surface area (Å²) in [5.41, 5.74) is 3.86. The molecule has 0 atom stereocenters. The molecule has 0 aliphatic carbocycles. The van der Waals surface area contributed by atoms with E-state index in [1.807, 2.05) is 50.2 Å². The van der Waals surface area contributed by atoms with Crippen molar-refractivity contribution >= 4 is 5.78 Å². The third-order valence-corrected chi connectivity index (χ3v) is 4.96. The Labute approximate surface area is 144 Å². The van der Waals surface area contributed by atoms with Crippen molar-refractivity contribution in [2.45, 2.75) is 26.3 Å². The monoisotopic (exact) mass is 323 g/mol. The highest BCUT2D eigenvalue weighted by atomic mass is 16.5. The zero-order valence-corrected chi connectivity index (χ0v) is 14.7. The number of rotatable bonds is 4. The molecule has 0 spiro atoms. The average molecular weight is 323 g/mol. The van der Waals surface area contributed by atoms with Crippen molar-refractivity contribution in [3.8, 4) is 11.1 Å². The Kier molecular flexibility index (Phi) is 4.83. The van der Waals surface area contributed by atoms with Gasteiger partial charge in [-0.15, -0.1) is 0 Å². The normalized spacial score (nSPS) is 16.1. The fraction of sp³-hybridized carbons (Fsp3) is 0.381. The molecule has 3 heteroatoms.